The minimum Gasteiger partial charge on any atom is -0.508 e. The van der Waals surface area contributed by atoms with E-state index in [0.717, 1.165) is 31.4 Å². The third kappa shape index (κ3) is 11.0. The van der Waals surface area contributed by atoms with Gasteiger partial charge in [0.05, 0.1) is 6.04 Å². The van der Waals surface area contributed by atoms with Gasteiger partial charge in [-0.2, -0.15) is 0 Å². The highest BCUT2D eigenvalue weighted by molar-refractivity contribution is 5.82. The van der Waals surface area contributed by atoms with Gasteiger partial charge >= 0.3 is 0 Å². The van der Waals surface area contributed by atoms with Gasteiger partial charge in [0.1, 0.15) is 5.75 Å². The SMILES string of the molecule is CCCC[C@H](C)CN[C@@H](Cc1ccc(O)cc1)C(=O)N[C@H](/C=C\Cc1ccccc1)CC(C)C. The zero-order valence-electron chi connectivity index (χ0n) is 21.5. The number of carbonyl (C=O) groups is 1. The smallest absolute Gasteiger partial charge is 0.237 e. The molecular formula is C30H44N2O2. The van der Waals surface area contributed by atoms with E-state index >= 15 is 0 Å². The molecule has 2 aromatic rings. The van der Waals surface area contributed by atoms with Crippen molar-refractivity contribution in [1.29, 1.82) is 0 Å². The summed E-state index contributed by atoms with van der Waals surface area (Å²) in [6.45, 7) is 9.64. The van der Waals surface area contributed by atoms with Crippen LogP contribution in [0.5, 0.6) is 5.75 Å². The lowest BCUT2D eigenvalue weighted by molar-refractivity contribution is -0.123. The molecule has 4 nitrogen and oxygen atoms in total. The second-order valence-corrected chi connectivity index (χ2v) is 9.94. The molecular weight excluding hydrogens is 420 g/mol. The number of phenolic OH excluding ortho intramolecular Hbond substituents is 1. The van der Waals surface area contributed by atoms with E-state index in [-0.39, 0.29) is 23.7 Å². The van der Waals surface area contributed by atoms with Gasteiger partial charge in [-0.3, -0.25) is 4.79 Å². The predicted octanol–water partition coefficient (Wildman–Crippen LogP) is 6.05. The van der Waals surface area contributed by atoms with Gasteiger partial charge < -0.3 is 15.7 Å². The highest BCUT2D eigenvalue weighted by Gasteiger charge is 2.22. The molecule has 2 rings (SSSR count). The number of nitrogens with one attached hydrogen (secondary N) is 2. The minimum absolute atomic E-state index is 0.00200. The number of carbonyl (C=O) groups excluding carboxylic acids is 1. The first kappa shape index (κ1) is 27.7. The molecule has 0 aliphatic heterocycles. The summed E-state index contributed by atoms with van der Waals surface area (Å²) in [5.41, 5.74) is 2.30. The monoisotopic (exact) mass is 464 g/mol. The lowest BCUT2D eigenvalue weighted by Gasteiger charge is -2.24. The van der Waals surface area contributed by atoms with Crippen molar-refractivity contribution < 1.29 is 9.90 Å². The molecule has 3 N–H and O–H groups in total. The molecule has 4 heteroatoms. The fourth-order valence-corrected chi connectivity index (χ4v) is 4.08. The van der Waals surface area contributed by atoms with Crippen LogP contribution in [0, 0.1) is 11.8 Å². The molecule has 0 saturated heterocycles. The fraction of sp³-hybridized carbons (Fsp3) is 0.500. The van der Waals surface area contributed by atoms with Crippen LogP contribution in [0.2, 0.25) is 0 Å². The molecule has 0 bridgehead atoms. The molecule has 1 amide bonds. The number of amides is 1. The van der Waals surface area contributed by atoms with Gasteiger partial charge in [-0.1, -0.05) is 95.2 Å². The first-order valence-corrected chi connectivity index (χ1v) is 12.9. The summed E-state index contributed by atoms with van der Waals surface area (Å²) in [5, 5.41) is 16.5. The molecule has 0 saturated carbocycles. The Morgan fingerprint density at radius 3 is 2.35 bits per heavy atom. The maximum atomic E-state index is 13.4. The van der Waals surface area contributed by atoms with Gasteiger partial charge in [-0.15, -0.1) is 0 Å². The van der Waals surface area contributed by atoms with Gasteiger partial charge in [-0.25, -0.2) is 0 Å². The van der Waals surface area contributed by atoms with Gasteiger partial charge in [0.25, 0.3) is 0 Å². The average Bonchev–Trinajstić information content (AvgIpc) is 2.81. The van der Waals surface area contributed by atoms with Crippen molar-refractivity contribution in [3.8, 4) is 5.75 Å². The number of phenols is 1. The maximum Gasteiger partial charge on any atom is 0.237 e. The topological polar surface area (TPSA) is 61.4 Å². The van der Waals surface area contributed by atoms with Gasteiger partial charge in [-0.05, 0) is 67.3 Å². The van der Waals surface area contributed by atoms with Crippen molar-refractivity contribution in [2.45, 2.75) is 78.3 Å². The van der Waals surface area contributed by atoms with Crippen LogP contribution in [-0.2, 0) is 17.6 Å². The molecule has 0 spiro atoms. The van der Waals surface area contributed by atoms with Crippen LogP contribution in [0.25, 0.3) is 0 Å². The Morgan fingerprint density at radius 1 is 1.00 bits per heavy atom. The van der Waals surface area contributed by atoms with Gasteiger partial charge in [0, 0.05) is 6.04 Å². The Balaban J connectivity index is 2.06. The molecule has 0 fully saturated rings. The Hall–Kier alpha value is -2.59. The van der Waals surface area contributed by atoms with Crippen molar-refractivity contribution in [3.63, 3.8) is 0 Å². The third-order valence-corrected chi connectivity index (χ3v) is 6.07. The number of benzene rings is 2. The number of hydrogen-bond donors (Lipinski definition) is 3. The van der Waals surface area contributed by atoms with Crippen LogP contribution >= 0.6 is 0 Å². The van der Waals surface area contributed by atoms with Gasteiger partial charge in [0.2, 0.25) is 5.91 Å². The summed E-state index contributed by atoms with van der Waals surface area (Å²) in [6, 6.07) is 17.2. The van der Waals surface area contributed by atoms with Crippen molar-refractivity contribution in [2.24, 2.45) is 11.8 Å². The Morgan fingerprint density at radius 2 is 1.71 bits per heavy atom. The van der Waals surface area contributed by atoms with Crippen LogP contribution in [-0.4, -0.2) is 29.6 Å². The number of unbranched alkanes of at least 4 members (excludes halogenated alkanes) is 1. The quantitative estimate of drug-likeness (QED) is 0.281. The molecule has 0 aromatic heterocycles. The van der Waals surface area contributed by atoms with E-state index in [9.17, 15) is 9.90 Å². The second kappa shape index (κ2) is 15.3. The van der Waals surface area contributed by atoms with Crippen molar-refractivity contribution in [3.05, 3.63) is 77.9 Å². The zero-order valence-corrected chi connectivity index (χ0v) is 21.5. The van der Waals surface area contributed by atoms with E-state index in [4.69, 9.17) is 0 Å². The molecule has 0 aliphatic carbocycles. The molecule has 3 atom stereocenters. The van der Waals surface area contributed by atoms with E-state index in [2.05, 4.69) is 74.7 Å². The highest BCUT2D eigenvalue weighted by Crippen LogP contribution is 2.14. The van der Waals surface area contributed by atoms with Gasteiger partial charge in [0.15, 0.2) is 0 Å². The first-order valence-electron chi connectivity index (χ1n) is 12.9. The summed E-state index contributed by atoms with van der Waals surface area (Å²) >= 11 is 0. The fourth-order valence-electron chi connectivity index (χ4n) is 4.08. The van der Waals surface area contributed by atoms with Crippen LogP contribution < -0.4 is 10.6 Å². The van der Waals surface area contributed by atoms with E-state index in [0.29, 0.717) is 18.3 Å². The maximum absolute atomic E-state index is 13.4. The molecule has 2 aromatic carbocycles. The standard InChI is InChI=1S/C30H44N2O2/c1-5-6-11-24(4)22-31-29(21-26-16-18-28(33)19-17-26)30(34)32-27(20-23(2)3)15-10-14-25-12-8-7-9-13-25/h7-10,12-13,15-19,23-24,27,29,31,33H,5-6,11,14,20-22H2,1-4H3,(H,32,34)/b15-10-/t24-,27+,29-/m0/s1. The van der Waals surface area contributed by atoms with Crippen LogP contribution in [0.3, 0.4) is 0 Å². The normalized spacial score (nSPS) is 14.3. The van der Waals surface area contributed by atoms with Crippen molar-refractivity contribution in [2.75, 3.05) is 6.54 Å². The second-order valence-electron chi connectivity index (χ2n) is 9.94. The summed E-state index contributed by atoms with van der Waals surface area (Å²) in [5.74, 6) is 1.27. The Kier molecular flexibility index (Phi) is 12.5. The number of allylic oxidation sites excluding steroid dienone is 1. The van der Waals surface area contributed by atoms with E-state index in [1.165, 1.54) is 18.4 Å². The van der Waals surface area contributed by atoms with Crippen molar-refractivity contribution >= 4 is 5.91 Å². The van der Waals surface area contributed by atoms with E-state index in [1.54, 1.807) is 12.1 Å². The van der Waals surface area contributed by atoms with E-state index in [1.807, 2.05) is 18.2 Å². The molecule has 0 heterocycles. The lowest BCUT2D eigenvalue weighted by atomic mass is 9.99. The highest BCUT2D eigenvalue weighted by atomic mass is 16.3. The molecule has 186 valence electrons. The van der Waals surface area contributed by atoms with Crippen LogP contribution in [0.1, 0.15) is 64.5 Å². The number of rotatable bonds is 15. The molecule has 0 aliphatic rings. The summed E-state index contributed by atoms with van der Waals surface area (Å²) in [6.07, 6.45) is 10.2. The number of hydrogen-bond acceptors (Lipinski definition) is 3. The van der Waals surface area contributed by atoms with Crippen molar-refractivity contribution in [1.82, 2.24) is 10.6 Å². The predicted molar refractivity (Wildman–Crippen MR) is 143 cm³/mol. The summed E-state index contributed by atoms with van der Waals surface area (Å²) in [7, 11) is 0. The largest absolute Gasteiger partial charge is 0.508 e. The zero-order chi connectivity index (χ0) is 24.8. The number of aromatic hydroxyl groups is 1. The lowest BCUT2D eigenvalue weighted by Crippen LogP contribution is -2.49. The molecule has 0 unspecified atom stereocenters. The van der Waals surface area contributed by atoms with E-state index < -0.39 is 0 Å². The molecule has 34 heavy (non-hydrogen) atoms. The van der Waals surface area contributed by atoms with Crippen LogP contribution in [0.15, 0.2) is 66.7 Å². The third-order valence-electron chi connectivity index (χ3n) is 6.07. The van der Waals surface area contributed by atoms with Crippen LogP contribution in [0.4, 0.5) is 0 Å². The first-order chi connectivity index (χ1) is 16.4. The summed E-state index contributed by atoms with van der Waals surface area (Å²) in [4.78, 5) is 13.4. The Labute approximate surface area is 206 Å². The Bertz CT molecular complexity index is 846. The average molecular weight is 465 g/mol. The molecule has 0 radical (unpaired) electrons. The minimum atomic E-state index is -0.314. The summed E-state index contributed by atoms with van der Waals surface area (Å²) < 4.78 is 0.